The van der Waals surface area contributed by atoms with E-state index in [0.717, 1.165) is 5.56 Å². The highest BCUT2D eigenvalue weighted by molar-refractivity contribution is 8.27. The SMILES string of the molecule is COc1cc(/C=C2\C(=N)N3N=C(COc4ccccc4)SC3=NC2=O)ccc1O[C@@H](C)c1ccccc1. The number of rotatable bonds is 8. The van der Waals surface area contributed by atoms with Gasteiger partial charge >= 0.3 is 0 Å². The molecule has 1 amide bonds. The van der Waals surface area contributed by atoms with Crippen molar-refractivity contribution in [1.82, 2.24) is 5.01 Å². The highest BCUT2D eigenvalue weighted by Crippen LogP contribution is 2.34. The number of nitrogens with one attached hydrogen (secondary N) is 1. The number of benzene rings is 3. The maximum Gasteiger partial charge on any atom is 0.283 e. The number of fused-ring (bicyclic) bond motifs is 1. The van der Waals surface area contributed by atoms with Crippen molar-refractivity contribution in [3.05, 3.63) is 95.6 Å². The molecule has 3 aromatic carbocycles. The maximum atomic E-state index is 12.8. The van der Waals surface area contributed by atoms with Crippen LogP contribution in [0.15, 0.2) is 94.5 Å². The Kier molecular flexibility index (Phi) is 7.04. The fraction of sp³-hybridized carbons (Fsp3) is 0.143. The lowest BCUT2D eigenvalue weighted by Gasteiger charge is -2.20. The number of amides is 1. The fourth-order valence-corrected chi connectivity index (χ4v) is 4.57. The van der Waals surface area contributed by atoms with Crippen molar-refractivity contribution in [3.63, 3.8) is 0 Å². The van der Waals surface area contributed by atoms with Gasteiger partial charge in [-0.3, -0.25) is 10.2 Å². The summed E-state index contributed by atoms with van der Waals surface area (Å²) in [5.41, 5.74) is 1.85. The van der Waals surface area contributed by atoms with Gasteiger partial charge in [-0.25, -0.2) is 0 Å². The maximum absolute atomic E-state index is 12.8. The third-order valence-corrected chi connectivity index (χ3v) is 6.56. The molecule has 0 saturated heterocycles. The number of thioether (sulfide) groups is 1. The molecule has 1 N–H and O–H groups in total. The van der Waals surface area contributed by atoms with Gasteiger partial charge in [-0.15, -0.1) is 0 Å². The standard InChI is InChI=1S/C28H24N4O4S/c1-18(20-9-5-3-6-10-20)36-23-14-13-19(16-24(23)34-2)15-22-26(29)32-28(30-27(22)33)37-25(31-32)17-35-21-11-7-4-8-12-21/h3-16,18,29H,17H2,1-2H3/b22-15+,29-26?/t18-/m0/s1. The van der Waals surface area contributed by atoms with Crippen molar-refractivity contribution in [2.24, 2.45) is 10.1 Å². The molecule has 3 aromatic rings. The Morgan fingerprint density at radius 2 is 1.76 bits per heavy atom. The molecule has 1 atom stereocenters. The van der Waals surface area contributed by atoms with Crippen LogP contribution in [0, 0.1) is 5.41 Å². The molecule has 8 nitrogen and oxygen atoms in total. The minimum Gasteiger partial charge on any atom is -0.493 e. The Bertz CT molecular complexity index is 1420. The number of hydrogen-bond acceptors (Lipinski definition) is 7. The van der Waals surface area contributed by atoms with Crippen LogP contribution in [0.25, 0.3) is 6.08 Å². The van der Waals surface area contributed by atoms with Crippen LogP contribution >= 0.6 is 11.8 Å². The number of aliphatic imine (C=N–C) groups is 1. The molecule has 9 heteroatoms. The lowest BCUT2D eigenvalue weighted by molar-refractivity contribution is -0.114. The van der Waals surface area contributed by atoms with E-state index in [-0.39, 0.29) is 24.1 Å². The Hall–Kier alpha value is -4.37. The van der Waals surface area contributed by atoms with Crippen molar-refractivity contribution >= 4 is 39.8 Å². The molecule has 0 fully saturated rings. The summed E-state index contributed by atoms with van der Waals surface area (Å²) in [6.07, 6.45) is 1.43. The van der Waals surface area contributed by atoms with Crippen LogP contribution in [0.2, 0.25) is 0 Å². The third-order valence-electron chi connectivity index (χ3n) is 5.67. The molecular formula is C28H24N4O4S. The van der Waals surface area contributed by atoms with E-state index in [0.29, 0.717) is 33.0 Å². The predicted octanol–water partition coefficient (Wildman–Crippen LogP) is 5.53. The van der Waals surface area contributed by atoms with E-state index in [4.69, 9.17) is 19.6 Å². The van der Waals surface area contributed by atoms with E-state index >= 15 is 0 Å². The van der Waals surface area contributed by atoms with E-state index in [1.165, 1.54) is 16.8 Å². The van der Waals surface area contributed by atoms with Gasteiger partial charge in [-0.2, -0.15) is 15.1 Å². The van der Waals surface area contributed by atoms with E-state index < -0.39 is 5.91 Å². The van der Waals surface area contributed by atoms with Crippen LogP contribution in [0.5, 0.6) is 17.2 Å². The zero-order chi connectivity index (χ0) is 25.8. The lowest BCUT2D eigenvalue weighted by atomic mass is 10.1. The molecule has 2 aliphatic rings. The number of carbonyl (C=O) groups is 1. The Balaban J connectivity index is 1.32. The van der Waals surface area contributed by atoms with Gasteiger partial charge in [0, 0.05) is 0 Å². The fourth-order valence-electron chi connectivity index (χ4n) is 3.77. The Morgan fingerprint density at radius 3 is 2.49 bits per heavy atom. The molecule has 0 aromatic heterocycles. The number of nitrogens with zero attached hydrogens (tertiary/aromatic N) is 3. The normalized spacial score (nSPS) is 16.7. The first kappa shape index (κ1) is 24.3. The molecular weight excluding hydrogens is 488 g/mol. The number of ether oxygens (including phenoxy) is 3. The van der Waals surface area contributed by atoms with Crippen molar-refractivity contribution in [3.8, 4) is 17.2 Å². The number of amidine groups is 2. The first-order valence-corrected chi connectivity index (χ1v) is 12.4. The molecule has 2 heterocycles. The minimum atomic E-state index is -0.499. The second-order valence-electron chi connectivity index (χ2n) is 8.20. The Labute approximate surface area is 218 Å². The van der Waals surface area contributed by atoms with Gasteiger partial charge in [-0.05, 0) is 60.2 Å². The number of hydrazone groups is 1. The van der Waals surface area contributed by atoms with Gasteiger partial charge in [0.05, 0.1) is 12.7 Å². The summed E-state index contributed by atoms with van der Waals surface area (Å²) in [5.74, 6) is 1.26. The number of para-hydroxylation sites is 1. The average molecular weight is 513 g/mol. The second kappa shape index (κ2) is 10.7. The van der Waals surface area contributed by atoms with Crippen LogP contribution in [0.4, 0.5) is 0 Å². The summed E-state index contributed by atoms with van der Waals surface area (Å²) < 4.78 is 17.4. The molecule has 0 aliphatic carbocycles. The van der Waals surface area contributed by atoms with Gasteiger partial charge in [0.2, 0.25) is 5.17 Å². The van der Waals surface area contributed by atoms with Gasteiger partial charge in [0.15, 0.2) is 17.3 Å². The molecule has 37 heavy (non-hydrogen) atoms. The highest BCUT2D eigenvalue weighted by Gasteiger charge is 2.35. The predicted molar refractivity (Wildman–Crippen MR) is 145 cm³/mol. The number of methoxy groups -OCH3 is 1. The molecule has 0 radical (unpaired) electrons. The average Bonchev–Trinajstić information content (AvgIpc) is 3.34. The summed E-state index contributed by atoms with van der Waals surface area (Å²) in [6, 6.07) is 24.6. The number of carbonyl (C=O) groups excluding carboxylic acids is 1. The first-order chi connectivity index (χ1) is 18.0. The summed E-state index contributed by atoms with van der Waals surface area (Å²) in [5, 5.41) is 15.4. The summed E-state index contributed by atoms with van der Waals surface area (Å²) in [4.78, 5) is 16.9. The van der Waals surface area contributed by atoms with Gasteiger partial charge in [-0.1, -0.05) is 54.6 Å². The zero-order valence-electron chi connectivity index (χ0n) is 20.3. The Morgan fingerprint density at radius 1 is 1.03 bits per heavy atom. The first-order valence-electron chi connectivity index (χ1n) is 11.6. The third kappa shape index (κ3) is 5.41. The van der Waals surface area contributed by atoms with Crippen molar-refractivity contribution in [2.75, 3.05) is 13.7 Å². The van der Waals surface area contributed by atoms with Crippen LogP contribution in [0.1, 0.15) is 24.2 Å². The van der Waals surface area contributed by atoms with Gasteiger partial charge in [0.1, 0.15) is 23.5 Å². The van der Waals surface area contributed by atoms with Crippen LogP contribution in [0.3, 0.4) is 0 Å². The van der Waals surface area contributed by atoms with Crippen LogP contribution in [-0.2, 0) is 4.79 Å². The van der Waals surface area contributed by atoms with E-state index in [1.54, 1.807) is 25.3 Å². The van der Waals surface area contributed by atoms with Crippen molar-refractivity contribution in [1.29, 1.82) is 5.41 Å². The second-order valence-corrected chi connectivity index (χ2v) is 9.24. The summed E-state index contributed by atoms with van der Waals surface area (Å²) in [6.45, 7) is 2.18. The molecule has 186 valence electrons. The molecule has 0 spiro atoms. The monoisotopic (exact) mass is 512 g/mol. The minimum absolute atomic E-state index is 0.0470. The van der Waals surface area contributed by atoms with E-state index in [1.807, 2.05) is 73.7 Å². The van der Waals surface area contributed by atoms with Crippen LogP contribution < -0.4 is 14.2 Å². The lowest BCUT2D eigenvalue weighted by Crippen LogP contribution is -2.35. The van der Waals surface area contributed by atoms with E-state index in [9.17, 15) is 4.79 Å². The molecule has 0 unspecified atom stereocenters. The smallest absolute Gasteiger partial charge is 0.283 e. The number of hydrogen-bond donors (Lipinski definition) is 1. The topological polar surface area (TPSA) is 96.6 Å². The molecule has 0 saturated carbocycles. The molecule has 5 rings (SSSR count). The molecule has 0 bridgehead atoms. The van der Waals surface area contributed by atoms with Gasteiger partial charge < -0.3 is 14.2 Å². The summed E-state index contributed by atoms with van der Waals surface area (Å²) >= 11 is 1.22. The zero-order valence-corrected chi connectivity index (χ0v) is 21.1. The van der Waals surface area contributed by atoms with Gasteiger partial charge in [0.25, 0.3) is 5.91 Å². The van der Waals surface area contributed by atoms with E-state index in [2.05, 4.69) is 10.1 Å². The highest BCUT2D eigenvalue weighted by atomic mass is 32.2. The van der Waals surface area contributed by atoms with Crippen molar-refractivity contribution in [2.45, 2.75) is 13.0 Å². The van der Waals surface area contributed by atoms with Crippen LogP contribution in [-0.4, -0.2) is 40.7 Å². The largest absolute Gasteiger partial charge is 0.493 e. The summed E-state index contributed by atoms with van der Waals surface area (Å²) in [7, 11) is 1.56. The quantitative estimate of drug-likeness (QED) is 0.399. The molecule has 2 aliphatic heterocycles. The van der Waals surface area contributed by atoms with Crippen molar-refractivity contribution < 1.29 is 19.0 Å².